The molecule has 9 heteroatoms. The summed E-state index contributed by atoms with van der Waals surface area (Å²) in [5.41, 5.74) is -1.76. The van der Waals surface area contributed by atoms with Crippen LogP contribution in [0.4, 0.5) is 13.2 Å². The van der Waals surface area contributed by atoms with Crippen molar-refractivity contribution >= 4 is 0 Å². The summed E-state index contributed by atoms with van der Waals surface area (Å²) in [6.45, 7) is -0.377. The molecule has 130 valence electrons. The molecule has 2 aromatic carbocycles. The fourth-order valence-electron chi connectivity index (χ4n) is 2.33. The zero-order valence-corrected chi connectivity index (χ0v) is 13.1. The maximum atomic E-state index is 13.4. The third-order valence-electron chi connectivity index (χ3n) is 3.53. The lowest BCUT2D eigenvalue weighted by molar-refractivity contribution is -0.138. The predicted molar refractivity (Wildman–Crippen MR) is 82.4 cm³/mol. The normalized spacial score (nSPS) is 11.5. The van der Waals surface area contributed by atoms with Crippen LogP contribution in [0.3, 0.4) is 0 Å². The number of alkyl halides is 3. The van der Waals surface area contributed by atoms with Crippen molar-refractivity contribution in [1.29, 1.82) is 0 Å². The third kappa shape index (κ3) is 3.39. The molecule has 0 unspecified atom stereocenters. The van der Waals surface area contributed by atoms with Crippen LogP contribution >= 0.6 is 0 Å². The molecule has 0 amide bonds. The average molecular weight is 350 g/mol. The highest BCUT2D eigenvalue weighted by Crippen LogP contribution is 2.34. The number of para-hydroxylation sites is 1. The van der Waals surface area contributed by atoms with E-state index in [1.165, 1.54) is 19.2 Å². The fourth-order valence-corrected chi connectivity index (χ4v) is 2.33. The minimum Gasteiger partial charge on any atom is -0.489 e. The van der Waals surface area contributed by atoms with Gasteiger partial charge in [0.05, 0.1) is 11.3 Å². The predicted octanol–water partition coefficient (Wildman–Crippen LogP) is 2.56. The second-order valence-electron chi connectivity index (χ2n) is 5.20. The second kappa shape index (κ2) is 6.42. The quantitative estimate of drug-likeness (QED) is 0.726. The summed E-state index contributed by atoms with van der Waals surface area (Å²) in [5, 5.41) is 7.16. The molecule has 0 N–H and O–H groups in total. The van der Waals surface area contributed by atoms with E-state index in [4.69, 9.17) is 4.74 Å². The van der Waals surface area contributed by atoms with E-state index < -0.39 is 17.4 Å². The molecule has 6 nitrogen and oxygen atoms in total. The summed E-state index contributed by atoms with van der Waals surface area (Å²) in [7, 11) is 1.36. The Balaban J connectivity index is 2.09. The molecule has 0 atom stereocenters. The van der Waals surface area contributed by atoms with E-state index in [-0.39, 0.29) is 17.9 Å². The van der Waals surface area contributed by atoms with E-state index in [0.717, 1.165) is 15.4 Å². The van der Waals surface area contributed by atoms with Crippen molar-refractivity contribution in [2.45, 2.75) is 12.8 Å². The Bertz CT molecular complexity index is 933. The number of halogens is 3. The van der Waals surface area contributed by atoms with E-state index >= 15 is 0 Å². The van der Waals surface area contributed by atoms with Crippen LogP contribution in [-0.4, -0.2) is 19.8 Å². The van der Waals surface area contributed by atoms with Crippen molar-refractivity contribution in [3.8, 4) is 11.4 Å². The molecule has 1 aromatic heterocycles. The van der Waals surface area contributed by atoms with Crippen LogP contribution in [0, 0.1) is 0 Å². The maximum absolute atomic E-state index is 13.4. The number of aryl methyl sites for hydroxylation is 1. The Hall–Kier alpha value is -3.10. The summed E-state index contributed by atoms with van der Waals surface area (Å²) in [6.07, 6.45) is -4.60. The summed E-state index contributed by atoms with van der Waals surface area (Å²) < 4.78 is 47.4. The van der Waals surface area contributed by atoms with Gasteiger partial charge in [-0.05, 0) is 34.7 Å². The lowest BCUT2D eigenvalue weighted by atomic mass is 10.1. The van der Waals surface area contributed by atoms with Crippen molar-refractivity contribution in [1.82, 2.24) is 19.8 Å². The lowest BCUT2D eigenvalue weighted by Crippen LogP contribution is -2.24. The Morgan fingerprint density at radius 1 is 1.04 bits per heavy atom. The minimum absolute atomic E-state index is 0.0242. The number of hydrogen-bond donors (Lipinski definition) is 0. The molecule has 1 heterocycles. The molecule has 25 heavy (non-hydrogen) atoms. The van der Waals surface area contributed by atoms with Crippen LogP contribution in [0.25, 0.3) is 5.69 Å². The molecule has 0 saturated heterocycles. The summed E-state index contributed by atoms with van der Waals surface area (Å²) in [4.78, 5) is 12.0. The SMILES string of the molecule is Cn1nnn(-c2cccc(C(F)(F)F)c2COc2ccccc2)c1=O. The van der Waals surface area contributed by atoms with Gasteiger partial charge in [-0.25, -0.2) is 4.79 Å². The van der Waals surface area contributed by atoms with E-state index in [1.807, 2.05) is 0 Å². The zero-order valence-electron chi connectivity index (χ0n) is 13.1. The first-order valence-electron chi connectivity index (χ1n) is 7.24. The van der Waals surface area contributed by atoms with Gasteiger partial charge in [0.2, 0.25) is 0 Å². The van der Waals surface area contributed by atoms with Crippen LogP contribution in [0.5, 0.6) is 5.75 Å². The number of tetrazole rings is 1. The molecule has 3 rings (SSSR count). The lowest BCUT2D eigenvalue weighted by Gasteiger charge is -2.16. The topological polar surface area (TPSA) is 61.9 Å². The molecule has 0 fully saturated rings. The Morgan fingerprint density at radius 3 is 2.36 bits per heavy atom. The van der Waals surface area contributed by atoms with E-state index in [2.05, 4.69) is 10.4 Å². The average Bonchev–Trinajstić information content (AvgIpc) is 2.92. The molecule has 0 saturated carbocycles. The van der Waals surface area contributed by atoms with Crippen molar-refractivity contribution in [2.75, 3.05) is 0 Å². The molecule has 0 aliphatic rings. The van der Waals surface area contributed by atoms with Gasteiger partial charge in [-0.2, -0.15) is 22.5 Å². The molecule has 3 aromatic rings. The Morgan fingerprint density at radius 2 is 1.76 bits per heavy atom. The maximum Gasteiger partial charge on any atom is 0.416 e. The van der Waals surface area contributed by atoms with E-state index in [9.17, 15) is 18.0 Å². The van der Waals surface area contributed by atoms with Gasteiger partial charge >= 0.3 is 11.9 Å². The van der Waals surface area contributed by atoms with Crippen LogP contribution < -0.4 is 10.4 Å². The van der Waals surface area contributed by atoms with Gasteiger partial charge in [-0.15, -0.1) is 0 Å². The molecule has 0 aliphatic heterocycles. The van der Waals surface area contributed by atoms with Gasteiger partial charge < -0.3 is 4.74 Å². The van der Waals surface area contributed by atoms with Crippen molar-refractivity contribution in [2.24, 2.45) is 7.05 Å². The molecule has 0 aliphatic carbocycles. The van der Waals surface area contributed by atoms with Gasteiger partial charge in [0.25, 0.3) is 0 Å². The number of aromatic nitrogens is 4. The number of rotatable bonds is 4. The van der Waals surface area contributed by atoms with Crippen LogP contribution in [0.2, 0.25) is 0 Å². The van der Waals surface area contributed by atoms with Gasteiger partial charge in [0, 0.05) is 12.6 Å². The highest BCUT2D eigenvalue weighted by atomic mass is 19.4. The van der Waals surface area contributed by atoms with Crippen molar-refractivity contribution in [3.05, 3.63) is 70.1 Å². The first-order valence-corrected chi connectivity index (χ1v) is 7.24. The molecular weight excluding hydrogens is 337 g/mol. The third-order valence-corrected chi connectivity index (χ3v) is 3.53. The first-order chi connectivity index (χ1) is 11.9. The fraction of sp³-hybridized carbons (Fsp3) is 0.188. The molecule has 0 spiro atoms. The molecule has 0 radical (unpaired) electrons. The van der Waals surface area contributed by atoms with Crippen LogP contribution in [0.1, 0.15) is 11.1 Å². The van der Waals surface area contributed by atoms with Crippen LogP contribution in [0.15, 0.2) is 53.3 Å². The van der Waals surface area contributed by atoms with Gasteiger partial charge in [-0.3, -0.25) is 0 Å². The highest BCUT2D eigenvalue weighted by molar-refractivity contribution is 5.46. The zero-order chi connectivity index (χ0) is 18.0. The van der Waals surface area contributed by atoms with Gasteiger partial charge in [-0.1, -0.05) is 24.3 Å². The number of hydrogen-bond acceptors (Lipinski definition) is 4. The molecular formula is C16H13F3N4O2. The number of nitrogens with zero attached hydrogens (tertiary/aromatic N) is 4. The van der Waals surface area contributed by atoms with Crippen LogP contribution in [-0.2, 0) is 19.8 Å². The summed E-state index contributed by atoms with van der Waals surface area (Å²) >= 11 is 0. The van der Waals surface area contributed by atoms with Gasteiger partial charge in [0.1, 0.15) is 12.4 Å². The first kappa shape index (κ1) is 16.7. The van der Waals surface area contributed by atoms with Gasteiger partial charge in [0.15, 0.2) is 0 Å². The standard InChI is InChI=1S/C16H13F3N4O2/c1-22-15(24)23(21-20-22)14-9-5-8-13(16(17,18)19)12(14)10-25-11-6-3-2-4-7-11/h2-9H,10H2,1H3. The monoisotopic (exact) mass is 350 g/mol. The summed E-state index contributed by atoms with van der Waals surface area (Å²) in [6, 6.07) is 12.0. The Labute approximate surface area is 140 Å². The number of benzene rings is 2. The van der Waals surface area contributed by atoms with E-state index in [1.54, 1.807) is 30.3 Å². The largest absolute Gasteiger partial charge is 0.489 e. The van der Waals surface area contributed by atoms with Crippen molar-refractivity contribution < 1.29 is 17.9 Å². The second-order valence-corrected chi connectivity index (χ2v) is 5.20. The molecule has 0 bridgehead atoms. The summed E-state index contributed by atoms with van der Waals surface area (Å²) in [5.74, 6) is 0.414. The minimum atomic E-state index is -4.60. The highest BCUT2D eigenvalue weighted by Gasteiger charge is 2.35. The van der Waals surface area contributed by atoms with E-state index in [0.29, 0.717) is 5.75 Å². The Kier molecular flexibility index (Phi) is 4.30. The smallest absolute Gasteiger partial charge is 0.416 e. The number of ether oxygens (including phenoxy) is 1. The van der Waals surface area contributed by atoms with Crippen molar-refractivity contribution in [3.63, 3.8) is 0 Å².